The smallest absolute Gasteiger partial charge is 0.254 e. The van der Waals surface area contributed by atoms with Gasteiger partial charge in [0.25, 0.3) is 5.91 Å². The lowest BCUT2D eigenvalue weighted by atomic mass is 10.0. The van der Waals surface area contributed by atoms with Crippen LogP contribution < -0.4 is 5.32 Å². The van der Waals surface area contributed by atoms with Gasteiger partial charge in [0.15, 0.2) is 0 Å². The van der Waals surface area contributed by atoms with Gasteiger partial charge in [-0.05, 0) is 61.1 Å². The van der Waals surface area contributed by atoms with Gasteiger partial charge in [-0.3, -0.25) is 4.79 Å². The molecule has 2 heterocycles. The van der Waals surface area contributed by atoms with Crippen molar-refractivity contribution in [3.8, 4) is 0 Å². The first-order valence-electron chi connectivity index (χ1n) is 8.75. The second kappa shape index (κ2) is 6.23. The van der Waals surface area contributed by atoms with E-state index in [4.69, 9.17) is 0 Å². The molecule has 1 aliphatic heterocycles. The zero-order valence-electron chi connectivity index (χ0n) is 14.0. The summed E-state index contributed by atoms with van der Waals surface area (Å²) in [6.45, 7) is 4.16. The number of amides is 1. The van der Waals surface area contributed by atoms with Gasteiger partial charge in [0.1, 0.15) is 5.82 Å². The molecular weight excluding hydrogens is 300 g/mol. The number of aromatic nitrogens is 2. The normalized spacial score (nSPS) is 15.8. The molecule has 124 valence electrons. The SMILES string of the molecule is CCNc1cc2c(nn1)CCN(C(=O)c1ccc3c(c1)CCC3)C2. The van der Waals surface area contributed by atoms with Gasteiger partial charge in [-0.25, -0.2) is 0 Å². The Morgan fingerprint density at radius 3 is 2.88 bits per heavy atom. The monoisotopic (exact) mass is 322 g/mol. The van der Waals surface area contributed by atoms with Gasteiger partial charge in [-0.1, -0.05) is 6.07 Å². The molecule has 1 aromatic heterocycles. The van der Waals surface area contributed by atoms with Crippen molar-refractivity contribution in [1.29, 1.82) is 0 Å². The predicted octanol–water partition coefficient (Wildman–Crippen LogP) is 2.60. The maximum atomic E-state index is 12.9. The Labute approximate surface area is 142 Å². The number of nitrogens with one attached hydrogen (secondary N) is 1. The van der Waals surface area contributed by atoms with Crippen LogP contribution in [0.25, 0.3) is 0 Å². The molecule has 0 atom stereocenters. The Balaban J connectivity index is 1.55. The molecular formula is C19H22N4O. The van der Waals surface area contributed by atoms with E-state index in [1.165, 1.54) is 17.5 Å². The molecule has 0 fully saturated rings. The lowest BCUT2D eigenvalue weighted by Gasteiger charge is -2.28. The highest BCUT2D eigenvalue weighted by Gasteiger charge is 2.24. The zero-order valence-corrected chi connectivity index (χ0v) is 14.0. The van der Waals surface area contributed by atoms with Crippen molar-refractivity contribution < 1.29 is 4.79 Å². The van der Waals surface area contributed by atoms with E-state index in [2.05, 4.69) is 27.6 Å². The fourth-order valence-corrected chi connectivity index (χ4v) is 3.66. The molecule has 0 saturated carbocycles. The van der Waals surface area contributed by atoms with Crippen LogP contribution >= 0.6 is 0 Å². The number of anilines is 1. The standard InChI is InChI=1S/C19H22N4O/c1-2-20-18-11-16-12-23(9-8-17(16)21-22-18)19(24)15-7-6-13-4-3-5-14(13)10-15/h6-7,10-11H,2-5,8-9,12H2,1H3,(H,20,22). The summed E-state index contributed by atoms with van der Waals surface area (Å²) in [7, 11) is 0. The van der Waals surface area contributed by atoms with Crippen LogP contribution in [-0.4, -0.2) is 34.1 Å². The summed E-state index contributed by atoms with van der Waals surface area (Å²) in [5.41, 5.74) is 5.67. The third kappa shape index (κ3) is 2.75. The van der Waals surface area contributed by atoms with Crippen molar-refractivity contribution in [1.82, 2.24) is 15.1 Å². The van der Waals surface area contributed by atoms with Crippen LogP contribution in [0.5, 0.6) is 0 Å². The minimum absolute atomic E-state index is 0.122. The number of rotatable bonds is 3. The van der Waals surface area contributed by atoms with Gasteiger partial charge in [-0.2, -0.15) is 5.10 Å². The molecule has 24 heavy (non-hydrogen) atoms. The van der Waals surface area contributed by atoms with Crippen LogP contribution in [-0.2, 0) is 25.8 Å². The van der Waals surface area contributed by atoms with Gasteiger partial charge in [-0.15, -0.1) is 5.10 Å². The number of benzene rings is 1. The average Bonchev–Trinajstić information content (AvgIpc) is 3.08. The molecule has 1 aromatic carbocycles. The number of hydrogen-bond acceptors (Lipinski definition) is 4. The maximum absolute atomic E-state index is 12.9. The molecule has 5 nitrogen and oxygen atoms in total. The Morgan fingerprint density at radius 1 is 1.12 bits per heavy atom. The van der Waals surface area contributed by atoms with Crippen LogP contribution in [0.2, 0.25) is 0 Å². The molecule has 4 rings (SSSR count). The predicted molar refractivity (Wildman–Crippen MR) is 93.1 cm³/mol. The first-order chi connectivity index (χ1) is 11.7. The molecule has 0 unspecified atom stereocenters. The van der Waals surface area contributed by atoms with Crippen LogP contribution in [0.3, 0.4) is 0 Å². The molecule has 0 bridgehead atoms. The summed E-state index contributed by atoms with van der Waals surface area (Å²) >= 11 is 0. The highest BCUT2D eigenvalue weighted by Crippen LogP contribution is 2.25. The quantitative estimate of drug-likeness (QED) is 0.944. The van der Waals surface area contributed by atoms with E-state index in [0.29, 0.717) is 13.1 Å². The first-order valence-corrected chi connectivity index (χ1v) is 8.75. The fraction of sp³-hybridized carbons (Fsp3) is 0.421. The number of carbonyl (C=O) groups excluding carboxylic acids is 1. The highest BCUT2D eigenvalue weighted by atomic mass is 16.2. The third-order valence-electron chi connectivity index (χ3n) is 4.93. The molecule has 0 radical (unpaired) electrons. The van der Waals surface area contributed by atoms with Crippen molar-refractivity contribution in [2.45, 2.75) is 39.2 Å². The minimum Gasteiger partial charge on any atom is -0.369 e. The minimum atomic E-state index is 0.122. The lowest BCUT2D eigenvalue weighted by molar-refractivity contribution is 0.0733. The largest absolute Gasteiger partial charge is 0.369 e. The number of hydrogen-bond donors (Lipinski definition) is 1. The topological polar surface area (TPSA) is 58.1 Å². The van der Waals surface area contributed by atoms with Crippen molar-refractivity contribution in [3.63, 3.8) is 0 Å². The van der Waals surface area contributed by atoms with Crippen molar-refractivity contribution in [3.05, 3.63) is 52.2 Å². The van der Waals surface area contributed by atoms with Gasteiger partial charge in [0.05, 0.1) is 5.69 Å². The van der Waals surface area contributed by atoms with E-state index < -0.39 is 0 Å². The summed E-state index contributed by atoms with van der Waals surface area (Å²) in [5, 5.41) is 11.7. The van der Waals surface area contributed by atoms with Gasteiger partial charge in [0.2, 0.25) is 0 Å². The Bertz CT molecular complexity index is 787. The van der Waals surface area contributed by atoms with Crippen LogP contribution in [0.1, 0.15) is 46.1 Å². The first kappa shape index (κ1) is 15.1. The van der Waals surface area contributed by atoms with E-state index in [0.717, 1.165) is 48.4 Å². The van der Waals surface area contributed by atoms with E-state index in [-0.39, 0.29) is 5.91 Å². The van der Waals surface area contributed by atoms with E-state index in [1.54, 1.807) is 0 Å². The molecule has 2 aliphatic rings. The number of fused-ring (bicyclic) bond motifs is 2. The summed E-state index contributed by atoms with van der Waals surface area (Å²) in [6.07, 6.45) is 4.22. The third-order valence-corrected chi connectivity index (χ3v) is 4.93. The Hall–Kier alpha value is -2.43. The number of carbonyl (C=O) groups is 1. The van der Waals surface area contributed by atoms with Gasteiger partial charge in [0, 0.05) is 31.6 Å². The van der Waals surface area contributed by atoms with Gasteiger partial charge < -0.3 is 10.2 Å². The second-order valence-corrected chi connectivity index (χ2v) is 6.55. The van der Waals surface area contributed by atoms with Crippen LogP contribution in [0.4, 0.5) is 5.82 Å². The van der Waals surface area contributed by atoms with Gasteiger partial charge >= 0.3 is 0 Å². The number of aryl methyl sites for hydroxylation is 2. The average molecular weight is 322 g/mol. The molecule has 2 aromatic rings. The Morgan fingerprint density at radius 2 is 2.00 bits per heavy atom. The molecule has 1 N–H and O–H groups in total. The summed E-state index contributed by atoms with van der Waals surface area (Å²) in [6, 6.07) is 8.22. The summed E-state index contributed by atoms with van der Waals surface area (Å²) < 4.78 is 0. The number of nitrogens with zero attached hydrogens (tertiary/aromatic N) is 3. The summed E-state index contributed by atoms with van der Waals surface area (Å²) in [4.78, 5) is 14.8. The van der Waals surface area contributed by atoms with Crippen LogP contribution in [0.15, 0.2) is 24.3 Å². The second-order valence-electron chi connectivity index (χ2n) is 6.55. The lowest BCUT2D eigenvalue weighted by Crippen LogP contribution is -2.36. The van der Waals surface area contributed by atoms with E-state index in [1.807, 2.05) is 24.0 Å². The van der Waals surface area contributed by atoms with Crippen LogP contribution in [0, 0.1) is 0 Å². The molecule has 0 saturated heterocycles. The zero-order chi connectivity index (χ0) is 16.5. The van der Waals surface area contributed by atoms with E-state index >= 15 is 0 Å². The molecule has 1 amide bonds. The molecule has 1 aliphatic carbocycles. The fourth-order valence-electron chi connectivity index (χ4n) is 3.66. The Kier molecular flexibility index (Phi) is 3.92. The molecule has 0 spiro atoms. The van der Waals surface area contributed by atoms with Crippen molar-refractivity contribution in [2.75, 3.05) is 18.4 Å². The van der Waals surface area contributed by atoms with Crippen molar-refractivity contribution >= 4 is 11.7 Å². The highest BCUT2D eigenvalue weighted by molar-refractivity contribution is 5.94. The van der Waals surface area contributed by atoms with Crippen molar-refractivity contribution in [2.24, 2.45) is 0 Å². The molecule has 5 heteroatoms. The maximum Gasteiger partial charge on any atom is 0.254 e. The summed E-state index contributed by atoms with van der Waals surface area (Å²) in [5.74, 6) is 0.903. The van der Waals surface area contributed by atoms with E-state index in [9.17, 15) is 4.79 Å².